The number of rotatable bonds is 11. The van der Waals surface area contributed by atoms with Gasteiger partial charge in [-0.05, 0) is 25.0 Å². The van der Waals surface area contributed by atoms with Crippen LogP contribution in [0.25, 0.3) is 0 Å². The van der Waals surface area contributed by atoms with E-state index in [1.807, 2.05) is 0 Å². The highest BCUT2D eigenvalue weighted by molar-refractivity contribution is 7.81. The normalized spacial score (nSPS) is 13.5. The number of carbonyl (C=O) groups is 2. The van der Waals surface area contributed by atoms with Crippen LogP contribution in [0.5, 0.6) is 0 Å². The van der Waals surface area contributed by atoms with Gasteiger partial charge in [0, 0.05) is 24.3 Å². The number of carboxylic acids is 1. The Kier molecular flexibility index (Phi) is 9.07. The van der Waals surface area contributed by atoms with Crippen molar-refractivity contribution < 1.29 is 14.7 Å². The molecule has 0 fully saturated rings. The zero-order chi connectivity index (χ0) is 16.4. The summed E-state index contributed by atoms with van der Waals surface area (Å²) in [6.45, 7) is 0. The topological polar surface area (TPSA) is 95.1 Å². The van der Waals surface area contributed by atoms with E-state index in [0.717, 1.165) is 31.4 Å². The van der Waals surface area contributed by atoms with Crippen LogP contribution in [0.1, 0.15) is 37.8 Å². The lowest BCUT2D eigenvalue weighted by atomic mass is 10.1. The van der Waals surface area contributed by atoms with E-state index in [2.05, 4.69) is 40.5 Å². The first-order chi connectivity index (χ1) is 10.5. The molecule has 124 valence electrons. The number of nitrogens with one attached hydrogen (secondary N) is 2. The molecule has 0 aliphatic heterocycles. The van der Waals surface area contributed by atoms with Crippen LogP contribution in [0, 0.1) is 0 Å². The molecule has 0 radical (unpaired) electrons. The van der Waals surface area contributed by atoms with Gasteiger partial charge in [-0.15, -0.1) is 0 Å². The largest absolute Gasteiger partial charge is 0.480 e. The van der Waals surface area contributed by atoms with Gasteiger partial charge in [-0.2, -0.15) is 25.3 Å². The Morgan fingerprint density at radius 3 is 2.73 bits per heavy atom. The molecule has 3 N–H and O–H groups in total. The summed E-state index contributed by atoms with van der Waals surface area (Å²) in [5.74, 6) is -0.490. The minimum Gasteiger partial charge on any atom is -0.480 e. The number of hydrogen-bond acceptors (Lipinski definition) is 5. The maximum absolute atomic E-state index is 11.8. The Bertz CT molecular complexity index is 454. The smallest absolute Gasteiger partial charge is 0.326 e. The van der Waals surface area contributed by atoms with Crippen molar-refractivity contribution in [2.24, 2.45) is 0 Å². The molecular formula is C14H23N3O3S2. The lowest BCUT2D eigenvalue weighted by Gasteiger charge is -2.13. The molecule has 2 unspecified atom stereocenters. The van der Waals surface area contributed by atoms with E-state index < -0.39 is 12.0 Å². The summed E-state index contributed by atoms with van der Waals surface area (Å²) in [5, 5.41) is 12.0. The highest BCUT2D eigenvalue weighted by atomic mass is 32.1. The predicted molar refractivity (Wildman–Crippen MR) is 91.6 cm³/mol. The lowest BCUT2D eigenvalue weighted by molar-refractivity contribution is -0.141. The highest BCUT2D eigenvalue weighted by Crippen LogP contribution is 2.12. The minimum atomic E-state index is -1.06. The number of unbranched alkanes of at least 4 members (excludes halogenated alkanes) is 1. The van der Waals surface area contributed by atoms with E-state index in [4.69, 9.17) is 5.11 Å². The fourth-order valence-electron chi connectivity index (χ4n) is 2.04. The summed E-state index contributed by atoms with van der Waals surface area (Å²) in [7, 11) is 0. The Hall–Kier alpha value is -1.15. The Balaban J connectivity index is 2.27. The molecule has 6 nitrogen and oxygen atoms in total. The van der Waals surface area contributed by atoms with Crippen LogP contribution in [-0.2, 0) is 16.0 Å². The molecule has 0 spiro atoms. The summed E-state index contributed by atoms with van der Waals surface area (Å²) in [6.07, 6.45) is 7.11. The Morgan fingerprint density at radius 1 is 1.36 bits per heavy atom. The predicted octanol–water partition coefficient (Wildman–Crippen LogP) is 1.70. The second-order valence-electron chi connectivity index (χ2n) is 5.13. The number of H-pyrrole nitrogens is 1. The standard InChI is InChI=1S/C14H23N3O3S2/c18-13(4-2-1-3-11(22)5-6-21)17-12(14(19)20)7-10-8-15-9-16-10/h8-9,11-12,21-22H,1-7H2,(H,15,16)(H,17,18)(H,19,20). The number of hydrogen-bond donors (Lipinski definition) is 5. The summed E-state index contributed by atoms with van der Waals surface area (Å²) in [4.78, 5) is 29.7. The van der Waals surface area contributed by atoms with Gasteiger partial charge in [-0.25, -0.2) is 9.78 Å². The molecule has 0 bridgehead atoms. The van der Waals surface area contributed by atoms with Crippen molar-refractivity contribution in [1.82, 2.24) is 15.3 Å². The molecule has 1 aromatic rings. The maximum atomic E-state index is 11.8. The van der Waals surface area contributed by atoms with Gasteiger partial charge in [0.1, 0.15) is 6.04 Å². The third kappa shape index (κ3) is 7.74. The van der Waals surface area contributed by atoms with Crippen molar-refractivity contribution in [3.05, 3.63) is 18.2 Å². The number of imidazole rings is 1. The van der Waals surface area contributed by atoms with Gasteiger partial charge in [-0.3, -0.25) is 4.79 Å². The second kappa shape index (κ2) is 10.6. The molecule has 1 aromatic heterocycles. The zero-order valence-corrected chi connectivity index (χ0v) is 14.2. The van der Waals surface area contributed by atoms with Gasteiger partial charge in [0.25, 0.3) is 0 Å². The van der Waals surface area contributed by atoms with Crippen LogP contribution in [0.3, 0.4) is 0 Å². The number of aromatic nitrogens is 2. The second-order valence-corrected chi connectivity index (χ2v) is 6.31. The number of nitrogens with zero attached hydrogens (tertiary/aromatic N) is 1. The van der Waals surface area contributed by atoms with Crippen molar-refractivity contribution in [3.63, 3.8) is 0 Å². The van der Waals surface area contributed by atoms with Crippen LogP contribution in [0.15, 0.2) is 12.5 Å². The molecule has 0 saturated carbocycles. The number of thiol groups is 2. The van der Waals surface area contributed by atoms with Crippen LogP contribution in [0.4, 0.5) is 0 Å². The van der Waals surface area contributed by atoms with Gasteiger partial charge in [0.15, 0.2) is 0 Å². The van der Waals surface area contributed by atoms with Crippen LogP contribution >= 0.6 is 25.3 Å². The fourth-order valence-corrected chi connectivity index (χ4v) is 2.86. The van der Waals surface area contributed by atoms with Crippen molar-refractivity contribution in [2.45, 2.75) is 49.8 Å². The first-order valence-corrected chi connectivity index (χ1v) is 8.46. The molecule has 22 heavy (non-hydrogen) atoms. The average molecular weight is 345 g/mol. The molecule has 0 aromatic carbocycles. The highest BCUT2D eigenvalue weighted by Gasteiger charge is 2.20. The first kappa shape index (κ1) is 18.9. The summed E-state index contributed by atoms with van der Waals surface area (Å²) in [6, 6.07) is -0.947. The Labute approximate surface area is 141 Å². The molecule has 1 heterocycles. The maximum Gasteiger partial charge on any atom is 0.326 e. The lowest BCUT2D eigenvalue weighted by Crippen LogP contribution is -2.42. The minimum absolute atomic E-state index is 0.172. The molecule has 8 heteroatoms. The summed E-state index contributed by atoms with van der Waals surface area (Å²) < 4.78 is 0. The van der Waals surface area contributed by atoms with Crippen molar-refractivity contribution in [3.8, 4) is 0 Å². The van der Waals surface area contributed by atoms with E-state index in [1.54, 1.807) is 6.20 Å². The number of amides is 1. The number of aliphatic carboxylic acids is 1. The third-order valence-corrected chi connectivity index (χ3v) is 4.03. The van der Waals surface area contributed by atoms with Crippen LogP contribution < -0.4 is 5.32 Å². The van der Waals surface area contributed by atoms with E-state index in [9.17, 15) is 9.59 Å². The molecule has 0 aliphatic carbocycles. The summed E-state index contributed by atoms with van der Waals surface area (Å²) >= 11 is 8.58. The number of carbonyl (C=O) groups excluding carboxylic acids is 1. The zero-order valence-electron chi connectivity index (χ0n) is 12.4. The van der Waals surface area contributed by atoms with Crippen molar-refractivity contribution in [2.75, 3.05) is 5.75 Å². The van der Waals surface area contributed by atoms with Crippen LogP contribution in [-0.4, -0.2) is 44.0 Å². The van der Waals surface area contributed by atoms with Gasteiger partial charge >= 0.3 is 5.97 Å². The Morgan fingerprint density at radius 2 is 2.14 bits per heavy atom. The average Bonchev–Trinajstić information content (AvgIpc) is 2.96. The van der Waals surface area contributed by atoms with Gasteiger partial charge < -0.3 is 15.4 Å². The van der Waals surface area contributed by atoms with Gasteiger partial charge in [0.2, 0.25) is 5.91 Å². The van der Waals surface area contributed by atoms with Gasteiger partial charge in [-0.1, -0.05) is 6.42 Å². The number of aromatic amines is 1. The molecule has 1 rings (SSSR count). The first-order valence-electron chi connectivity index (χ1n) is 7.31. The van der Waals surface area contributed by atoms with Gasteiger partial charge in [0.05, 0.1) is 12.0 Å². The van der Waals surface area contributed by atoms with E-state index in [0.29, 0.717) is 17.4 Å². The van der Waals surface area contributed by atoms with Crippen molar-refractivity contribution in [1.29, 1.82) is 0 Å². The SMILES string of the molecule is O=C(CCCCC(S)CCS)NC(Cc1c[nH]cn1)C(=O)O. The number of carboxylic acid groups (broad SMARTS) is 1. The monoisotopic (exact) mass is 345 g/mol. The third-order valence-electron chi connectivity index (χ3n) is 3.25. The van der Waals surface area contributed by atoms with E-state index >= 15 is 0 Å². The van der Waals surface area contributed by atoms with E-state index in [-0.39, 0.29) is 12.3 Å². The molecule has 0 saturated heterocycles. The van der Waals surface area contributed by atoms with Crippen molar-refractivity contribution >= 4 is 37.1 Å². The quantitative estimate of drug-likeness (QED) is 0.312. The fraction of sp³-hybridized carbons (Fsp3) is 0.643. The molecular weight excluding hydrogens is 322 g/mol. The summed E-state index contributed by atoms with van der Waals surface area (Å²) in [5.41, 5.74) is 0.609. The van der Waals surface area contributed by atoms with Crippen LogP contribution in [0.2, 0.25) is 0 Å². The van der Waals surface area contributed by atoms with E-state index in [1.165, 1.54) is 6.33 Å². The molecule has 2 atom stereocenters. The molecule has 0 aliphatic rings. The molecule has 1 amide bonds.